The average Bonchev–Trinajstić information content (AvgIpc) is 3.07. The molecule has 27 heavy (non-hydrogen) atoms. The molecule has 6 nitrogen and oxygen atoms in total. The summed E-state index contributed by atoms with van der Waals surface area (Å²) in [6.45, 7) is 1.96. The van der Waals surface area contributed by atoms with Crippen molar-refractivity contribution in [2.24, 2.45) is 11.8 Å². The van der Waals surface area contributed by atoms with Gasteiger partial charge in [-0.05, 0) is 17.5 Å². The Bertz CT molecular complexity index is 666. The van der Waals surface area contributed by atoms with E-state index in [4.69, 9.17) is 9.84 Å². The Kier molecular flexibility index (Phi) is 7.06. The first-order valence-electron chi connectivity index (χ1n) is 8.70. The summed E-state index contributed by atoms with van der Waals surface area (Å²) in [7, 11) is 0. The standard InChI is InChI=1S/C18H23F3N2O4/c1-2-7-27-11-13-6-4-3-5-12(13)8-22-17(26)23-9-14(16(24)25)15(10-23)18(19,20)21/h3-6,14-15H,2,7-11H2,1H3,(H,22,26)(H,24,25)/t14-,15-/m1/s1. The van der Waals surface area contributed by atoms with Crippen LogP contribution in [0.3, 0.4) is 0 Å². The van der Waals surface area contributed by atoms with E-state index < -0.39 is 43.1 Å². The Morgan fingerprint density at radius 2 is 1.93 bits per heavy atom. The van der Waals surface area contributed by atoms with Crippen molar-refractivity contribution in [3.05, 3.63) is 35.4 Å². The van der Waals surface area contributed by atoms with Crippen LogP contribution in [0.2, 0.25) is 0 Å². The molecule has 1 heterocycles. The summed E-state index contributed by atoms with van der Waals surface area (Å²) < 4.78 is 44.6. The van der Waals surface area contributed by atoms with E-state index >= 15 is 0 Å². The van der Waals surface area contributed by atoms with Crippen molar-refractivity contribution < 1.29 is 32.6 Å². The van der Waals surface area contributed by atoms with Gasteiger partial charge in [-0.3, -0.25) is 4.79 Å². The van der Waals surface area contributed by atoms with Crippen molar-refractivity contribution >= 4 is 12.0 Å². The lowest BCUT2D eigenvalue weighted by atomic mass is 9.96. The number of urea groups is 1. The van der Waals surface area contributed by atoms with Crippen LogP contribution in [0.25, 0.3) is 0 Å². The minimum Gasteiger partial charge on any atom is -0.481 e. The number of carboxylic acids is 1. The number of alkyl halides is 3. The molecule has 2 atom stereocenters. The molecule has 0 unspecified atom stereocenters. The zero-order valence-electron chi connectivity index (χ0n) is 15.0. The zero-order valence-corrected chi connectivity index (χ0v) is 15.0. The number of rotatable bonds is 7. The maximum absolute atomic E-state index is 13.0. The topological polar surface area (TPSA) is 78.9 Å². The number of carbonyl (C=O) groups excluding carboxylic acids is 1. The van der Waals surface area contributed by atoms with Gasteiger partial charge >= 0.3 is 18.2 Å². The fraction of sp³-hybridized carbons (Fsp3) is 0.556. The second-order valence-corrected chi connectivity index (χ2v) is 6.48. The van der Waals surface area contributed by atoms with E-state index in [1.807, 2.05) is 19.1 Å². The highest BCUT2D eigenvalue weighted by molar-refractivity contribution is 5.77. The smallest absolute Gasteiger partial charge is 0.394 e. The van der Waals surface area contributed by atoms with Gasteiger partial charge in [0, 0.05) is 26.2 Å². The van der Waals surface area contributed by atoms with E-state index in [1.165, 1.54) is 0 Å². The number of nitrogens with one attached hydrogen (secondary N) is 1. The van der Waals surface area contributed by atoms with E-state index in [0.29, 0.717) is 13.2 Å². The van der Waals surface area contributed by atoms with Crippen molar-refractivity contribution in [3.8, 4) is 0 Å². The molecule has 0 aromatic heterocycles. The molecule has 1 fully saturated rings. The first-order chi connectivity index (χ1) is 12.7. The highest BCUT2D eigenvalue weighted by Gasteiger charge is 2.53. The van der Waals surface area contributed by atoms with Gasteiger partial charge in [0.1, 0.15) is 0 Å². The molecule has 2 amide bonds. The van der Waals surface area contributed by atoms with Crippen LogP contribution in [0.15, 0.2) is 24.3 Å². The van der Waals surface area contributed by atoms with Crippen LogP contribution < -0.4 is 5.32 Å². The Morgan fingerprint density at radius 3 is 2.48 bits per heavy atom. The van der Waals surface area contributed by atoms with E-state index in [-0.39, 0.29) is 6.54 Å². The van der Waals surface area contributed by atoms with Crippen LogP contribution in [0.5, 0.6) is 0 Å². The Hall–Kier alpha value is -2.29. The molecule has 2 rings (SSSR count). The van der Waals surface area contributed by atoms with Crippen molar-refractivity contribution in [2.45, 2.75) is 32.7 Å². The third-order valence-corrected chi connectivity index (χ3v) is 4.50. The first-order valence-corrected chi connectivity index (χ1v) is 8.70. The number of benzene rings is 1. The first kappa shape index (κ1) is 21.0. The zero-order chi connectivity index (χ0) is 20.0. The number of nitrogens with zero attached hydrogens (tertiary/aromatic N) is 1. The van der Waals surface area contributed by atoms with Crippen LogP contribution in [-0.4, -0.2) is 47.9 Å². The van der Waals surface area contributed by atoms with Crippen molar-refractivity contribution in [3.63, 3.8) is 0 Å². The van der Waals surface area contributed by atoms with Gasteiger partial charge in [0.2, 0.25) is 0 Å². The van der Waals surface area contributed by atoms with Gasteiger partial charge < -0.3 is 20.1 Å². The van der Waals surface area contributed by atoms with Crippen LogP contribution in [0, 0.1) is 11.8 Å². The van der Waals surface area contributed by atoms with Gasteiger partial charge in [0.15, 0.2) is 0 Å². The maximum Gasteiger partial charge on any atom is 0.394 e. The van der Waals surface area contributed by atoms with Crippen LogP contribution >= 0.6 is 0 Å². The number of ether oxygens (including phenoxy) is 1. The number of halogens is 3. The molecule has 9 heteroatoms. The van der Waals surface area contributed by atoms with Gasteiger partial charge in [0.05, 0.1) is 18.4 Å². The highest BCUT2D eigenvalue weighted by atomic mass is 19.4. The molecule has 1 aromatic rings. The SMILES string of the molecule is CCCOCc1ccccc1CNC(=O)N1C[C@@H](C(F)(F)F)[C@H](C(=O)O)C1. The van der Waals surface area contributed by atoms with Crippen molar-refractivity contribution in [2.75, 3.05) is 19.7 Å². The number of hydrogen-bond acceptors (Lipinski definition) is 3. The normalized spacial score (nSPS) is 19.9. The van der Waals surface area contributed by atoms with Gasteiger partial charge in [-0.1, -0.05) is 31.2 Å². The number of aliphatic carboxylic acids is 1. The molecular weight excluding hydrogens is 365 g/mol. The highest BCUT2D eigenvalue weighted by Crippen LogP contribution is 2.37. The number of carboxylic acid groups (broad SMARTS) is 1. The number of carbonyl (C=O) groups is 2. The monoisotopic (exact) mass is 388 g/mol. The molecule has 0 spiro atoms. The van der Waals surface area contributed by atoms with E-state index in [1.54, 1.807) is 12.1 Å². The molecular formula is C18H23F3N2O4. The van der Waals surface area contributed by atoms with Gasteiger partial charge in [0.25, 0.3) is 0 Å². The molecule has 1 aromatic carbocycles. The average molecular weight is 388 g/mol. The van der Waals surface area contributed by atoms with Gasteiger partial charge in [-0.25, -0.2) is 4.79 Å². The predicted molar refractivity (Wildman–Crippen MR) is 90.9 cm³/mol. The van der Waals surface area contributed by atoms with Crippen molar-refractivity contribution in [1.82, 2.24) is 10.2 Å². The molecule has 2 N–H and O–H groups in total. The summed E-state index contributed by atoms with van der Waals surface area (Å²) >= 11 is 0. The van der Waals surface area contributed by atoms with Gasteiger partial charge in [-0.15, -0.1) is 0 Å². The molecule has 0 bridgehead atoms. The van der Waals surface area contributed by atoms with E-state index in [0.717, 1.165) is 22.4 Å². The molecule has 1 aliphatic heterocycles. The lowest BCUT2D eigenvalue weighted by Gasteiger charge is -2.19. The summed E-state index contributed by atoms with van der Waals surface area (Å²) in [5.41, 5.74) is 1.67. The lowest BCUT2D eigenvalue weighted by molar-refractivity contribution is -0.187. The molecule has 150 valence electrons. The Morgan fingerprint density at radius 1 is 1.26 bits per heavy atom. The number of likely N-dealkylation sites (tertiary alicyclic amines) is 1. The second-order valence-electron chi connectivity index (χ2n) is 6.48. The minimum absolute atomic E-state index is 0.120. The Labute approximate surface area is 155 Å². The van der Waals surface area contributed by atoms with Crippen molar-refractivity contribution in [1.29, 1.82) is 0 Å². The third kappa shape index (κ3) is 5.59. The van der Waals surface area contributed by atoms with Gasteiger partial charge in [-0.2, -0.15) is 13.2 Å². The van der Waals surface area contributed by atoms with Crippen LogP contribution in [-0.2, 0) is 22.7 Å². The molecule has 0 saturated carbocycles. The summed E-state index contributed by atoms with van der Waals surface area (Å²) in [5.74, 6) is -5.26. The van der Waals surface area contributed by atoms with Crippen LogP contribution in [0.4, 0.5) is 18.0 Å². The summed E-state index contributed by atoms with van der Waals surface area (Å²) in [6.07, 6.45) is -3.79. The molecule has 0 aliphatic carbocycles. The summed E-state index contributed by atoms with van der Waals surface area (Å²) in [6, 6.07) is 6.57. The number of hydrogen-bond donors (Lipinski definition) is 2. The lowest BCUT2D eigenvalue weighted by Crippen LogP contribution is -2.39. The fourth-order valence-corrected chi connectivity index (χ4v) is 3.03. The predicted octanol–water partition coefficient (Wildman–Crippen LogP) is 3.02. The molecule has 0 radical (unpaired) electrons. The van der Waals surface area contributed by atoms with Crippen LogP contribution in [0.1, 0.15) is 24.5 Å². The van der Waals surface area contributed by atoms with E-state index in [9.17, 15) is 22.8 Å². The fourth-order valence-electron chi connectivity index (χ4n) is 3.03. The van der Waals surface area contributed by atoms with E-state index in [2.05, 4.69) is 5.32 Å². The number of amides is 2. The quantitative estimate of drug-likeness (QED) is 0.704. The second kappa shape index (κ2) is 9.07. The largest absolute Gasteiger partial charge is 0.481 e. The maximum atomic E-state index is 13.0. The molecule has 1 saturated heterocycles. The minimum atomic E-state index is -4.67. The Balaban J connectivity index is 1.97. The third-order valence-electron chi connectivity index (χ3n) is 4.50. The molecule has 1 aliphatic rings. The summed E-state index contributed by atoms with van der Waals surface area (Å²) in [4.78, 5) is 24.3. The summed E-state index contributed by atoms with van der Waals surface area (Å²) in [5, 5.41) is 11.6.